The van der Waals surface area contributed by atoms with Gasteiger partial charge >= 0.3 is 0 Å². The second-order valence-corrected chi connectivity index (χ2v) is 0.0913. The fourth-order valence-electron chi connectivity index (χ4n) is 0. The molecule has 2 N–H and O–H groups in total. The van der Waals surface area contributed by atoms with E-state index in [9.17, 15) is 0 Å². The Morgan fingerprint density at radius 3 is 0.846 bits per heavy atom. The van der Waals surface area contributed by atoms with Crippen LogP contribution in [0.1, 0.15) is 0 Å². The molecule has 0 saturated heterocycles. The van der Waals surface area contributed by atoms with Crippen LogP contribution in [0.3, 0.4) is 0 Å². The van der Waals surface area contributed by atoms with E-state index in [-0.39, 0.29) is 211 Å². The van der Waals surface area contributed by atoms with Crippen LogP contribution in [0, 0.1) is 14.9 Å². The Labute approximate surface area is 235 Å². The molecule has 0 spiro atoms. The average Bonchev–Trinajstić information content (AvgIpc) is 1.46. The number of hydrogen-bond donors (Lipinski definition) is 1. The van der Waals surface area contributed by atoms with Gasteiger partial charge in [-0.15, -0.1) is 0 Å². The predicted octanol–water partition coefficient (Wildman–Crippen LogP) is 1.33. The van der Waals surface area contributed by atoms with E-state index < -0.39 is 0 Å². The molecular weight excluding hydrogens is 646 g/mol. The molecule has 0 heterocycles. The third kappa shape index (κ3) is 119. The zero-order valence-corrected chi connectivity index (χ0v) is 26.1. The zero-order valence-electron chi connectivity index (χ0n) is 7.90. The van der Waals surface area contributed by atoms with Crippen LogP contribution in [0.25, 0.3) is 5.50 Å². The summed E-state index contributed by atoms with van der Waals surface area (Å²) in [6.07, 6.45) is 0. The molecule has 0 saturated carbocycles. The minimum atomic E-state index is 0. The summed E-state index contributed by atoms with van der Waals surface area (Å²) in [4.78, 5) is 8.24. The molecule has 0 aliphatic carbocycles. The molecule has 0 amide bonds. The van der Waals surface area contributed by atoms with Crippen LogP contribution in [0.5, 0.6) is 0 Å². The van der Waals surface area contributed by atoms with Crippen molar-refractivity contribution >= 4 is 15.9 Å². The average molecular weight is 657 g/mol. The maximum Gasteiger partial charge on any atom is 0 e. The van der Waals surface area contributed by atoms with E-state index in [4.69, 9.17) is 15.4 Å². The van der Waals surface area contributed by atoms with E-state index >= 15 is 0 Å². The van der Waals surface area contributed by atoms with Crippen molar-refractivity contribution in [3.8, 4) is 0 Å². The summed E-state index contributed by atoms with van der Waals surface area (Å²) in [5, 5.41) is 6.76. The smallest absolute Gasteiger partial charge is 0 e. The molecule has 66 valence electrons. The van der Waals surface area contributed by atoms with Gasteiger partial charge in [0.15, 0.2) is 0 Å². The molecule has 0 bridgehead atoms. The van der Waals surface area contributed by atoms with Gasteiger partial charge in [-0.1, -0.05) is 6.47 Å². The van der Waals surface area contributed by atoms with Crippen molar-refractivity contribution in [3.63, 3.8) is 0 Å². The fourth-order valence-corrected chi connectivity index (χ4v) is 0. The molecular formula is C3H10NO2PY6-4. The van der Waals surface area contributed by atoms with Gasteiger partial charge in [0.05, 0.1) is 0 Å². The number of aliphatic hydroxyl groups excluding tert-OH is 1. The van der Waals surface area contributed by atoms with Crippen LogP contribution in [-0.2, 0) is 201 Å². The molecule has 13 heavy (non-hydrogen) atoms. The quantitative estimate of drug-likeness (QED) is 0.316. The van der Waals surface area contributed by atoms with E-state index in [2.05, 4.69) is 0 Å². The van der Waals surface area contributed by atoms with Gasteiger partial charge in [-0.3, -0.25) is 9.39 Å². The molecule has 0 aliphatic rings. The first kappa shape index (κ1) is 74.0. The normalized spacial score (nSPS) is 1.38. The van der Waals surface area contributed by atoms with Gasteiger partial charge in [-0.05, 0) is 0 Å². The van der Waals surface area contributed by atoms with Gasteiger partial charge < -0.3 is 30.3 Å². The van der Waals surface area contributed by atoms with Gasteiger partial charge in [0.25, 0.3) is 0 Å². The van der Waals surface area contributed by atoms with Gasteiger partial charge in [0.1, 0.15) is 0 Å². The van der Waals surface area contributed by atoms with Crippen molar-refractivity contribution in [2.45, 2.75) is 0 Å². The van der Waals surface area contributed by atoms with Crippen molar-refractivity contribution in [1.82, 2.24) is 0 Å². The summed E-state index contributed by atoms with van der Waals surface area (Å²) < 4.78 is 0. The van der Waals surface area contributed by atoms with Crippen LogP contribution in [0.2, 0.25) is 0 Å². The number of nitrogens with one attached hydrogen (secondary N) is 1. The summed E-state index contributed by atoms with van der Waals surface area (Å²) >= 11 is 0. The second-order valence-electron chi connectivity index (χ2n) is 0.0913. The first-order valence-corrected chi connectivity index (χ1v) is 1.29. The Kier molecular flexibility index (Phi) is 574. The van der Waals surface area contributed by atoms with Crippen LogP contribution in [0.15, 0.2) is 0 Å². The van der Waals surface area contributed by atoms with Gasteiger partial charge in [-0.2, -0.15) is 0 Å². The third-order valence-electron chi connectivity index (χ3n) is 0. The summed E-state index contributed by atoms with van der Waals surface area (Å²) in [6, 6.07) is 0. The van der Waals surface area contributed by atoms with Crippen LogP contribution in [-0.4, -0.2) is 11.6 Å². The molecule has 0 rings (SSSR count). The topological polar surface area (TPSA) is 61.1 Å². The first-order chi connectivity index (χ1) is 2.41. The van der Waals surface area contributed by atoms with E-state index in [1.165, 1.54) is 0 Å². The van der Waals surface area contributed by atoms with E-state index in [1.54, 1.807) is 9.39 Å². The Balaban J connectivity index is -0.00000000109. The molecule has 0 aliphatic heterocycles. The van der Waals surface area contributed by atoms with Crippen molar-refractivity contribution in [1.29, 1.82) is 0 Å². The Bertz CT molecular complexity index is 33.4. The summed E-state index contributed by atoms with van der Waals surface area (Å²) in [7, 11) is 1.67. The van der Waals surface area contributed by atoms with E-state index in [0.29, 0.717) is 6.47 Å². The number of rotatable bonds is 0. The van der Waals surface area contributed by atoms with E-state index in [1.807, 2.05) is 0 Å². The predicted molar refractivity (Wildman–Crippen MR) is 35.2 cm³/mol. The van der Waals surface area contributed by atoms with Crippen molar-refractivity contribution in [2.75, 3.05) is 0 Å². The Morgan fingerprint density at radius 2 is 0.846 bits per heavy atom. The third-order valence-corrected chi connectivity index (χ3v) is 0. The molecule has 1 atom stereocenters. The number of hydrogen-bond acceptors (Lipinski definition) is 1. The van der Waals surface area contributed by atoms with Crippen LogP contribution in [0.4, 0.5) is 0 Å². The molecule has 3 nitrogen and oxygen atoms in total. The fraction of sp³-hybridized carbons (Fsp3) is 0. The molecule has 0 fully saturated rings. The molecule has 0 aromatic rings. The SMILES string of the molecule is O=[C-]O.[CH3-].[CH3-].[NH-]P.[Y].[Y].[Y].[Y].[Y].[Y]. The van der Waals surface area contributed by atoms with Crippen molar-refractivity contribution in [3.05, 3.63) is 20.4 Å². The van der Waals surface area contributed by atoms with E-state index in [0.717, 1.165) is 0 Å². The maximum absolute atomic E-state index is 8.24. The monoisotopic (exact) mass is 656 g/mol. The summed E-state index contributed by atoms with van der Waals surface area (Å²) in [6.45, 7) is 0.500. The molecule has 10 heteroatoms. The van der Waals surface area contributed by atoms with Crippen molar-refractivity contribution < 1.29 is 206 Å². The Morgan fingerprint density at radius 1 is 0.846 bits per heavy atom. The molecule has 6 radical (unpaired) electrons. The van der Waals surface area contributed by atoms with Crippen molar-refractivity contribution in [2.24, 2.45) is 0 Å². The minimum Gasteiger partial charge on any atom is -0.665 e. The van der Waals surface area contributed by atoms with Crippen LogP contribution >= 0.6 is 9.39 Å². The molecule has 1 unspecified atom stereocenters. The standard InChI is InChI=1S/CHO2.2CH3.H3NP.6Y/c2-1-3;;;1-2;;;;;;/h(H,2,3);2*1H3;1H,2H2;;;;;;/q4*-1;;;;;;. The Hall–Kier alpha value is 6.48. The first-order valence-electron chi connectivity index (χ1n) is 0.716. The molecule has 0 aromatic carbocycles. The van der Waals surface area contributed by atoms with Crippen LogP contribution < -0.4 is 0 Å². The summed E-state index contributed by atoms with van der Waals surface area (Å²) in [5.74, 6) is 0. The molecule has 0 aromatic heterocycles. The zero-order chi connectivity index (χ0) is 4.71. The van der Waals surface area contributed by atoms with Gasteiger partial charge in [0, 0.05) is 196 Å². The van der Waals surface area contributed by atoms with Gasteiger partial charge in [0.2, 0.25) is 0 Å². The second kappa shape index (κ2) is 101. The summed E-state index contributed by atoms with van der Waals surface area (Å²) in [5.41, 5.74) is 5.67. The minimum absolute atomic E-state index is 0. The maximum atomic E-state index is 8.24. The van der Waals surface area contributed by atoms with Gasteiger partial charge in [-0.25, -0.2) is 0 Å². The largest absolute Gasteiger partial charge is 0.665 e.